The molecule has 5 rings (SSSR count). The van der Waals surface area contributed by atoms with Crippen molar-refractivity contribution >= 4 is 17.7 Å². The van der Waals surface area contributed by atoms with E-state index in [4.69, 9.17) is 0 Å². The monoisotopic (exact) mass is 502 g/mol. The first kappa shape index (κ1) is 24.1. The molecule has 184 valence electrons. The molecule has 0 spiro atoms. The van der Waals surface area contributed by atoms with Gasteiger partial charge in [-0.3, -0.25) is 14.3 Å². The van der Waals surface area contributed by atoms with Crippen LogP contribution in [0.25, 0.3) is 17.1 Å². The summed E-state index contributed by atoms with van der Waals surface area (Å²) in [6.07, 6.45) is 3.35. The SMILES string of the molecule is CCN1CCN(C(=O)c2cccc(CSc3nnc(-c4ccncc4)n3-c3ccccc3F)c2)CC1. The standard InChI is InChI=1S/C27H27FN6OS/c1-2-32-14-16-33(17-15-32)26(35)22-7-5-6-20(18-22)19-36-27-31-30-25(21-10-12-29-13-11-21)34(27)24-9-4-3-8-23(24)28/h3-13,18H,2,14-17,19H2,1H3. The first-order valence-electron chi connectivity index (χ1n) is 12.0. The van der Waals surface area contributed by atoms with Crippen LogP contribution in [0.4, 0.5) is 4.39 Å². The summed E-state index contributed by atoms with van der Waals surface area (Å²) in [7, 11) is 0. The van der Waals surface area contributed by atoms with Crippen LogP contribution in [0.5, 0.6) is 0 Å². The maximum Gasteiger partial charge on any atom is 0.253 e. The van der Waals surface area contributed by atoms with E-state index in [9.17, 15) is 9.18 Å². The topological polar surface area (TPSA) is 67.2 Å². The van der Waals surface area contributed by atoms with Gasteiger partial charge in [-0.2, -0.15) is 0 Å². The Morgan fingerprint density at radius 2 is 1.75 bits per heavy atom. The van der Waals surface area contributed by atoms with Crippen LogP contribution in [-0.2, 0) is 5.75 Å². The molecule has 0 saturated carbocycles. The molecule has 3 heterocycles. The van der Waals surface area contributed by atoms with Crippen molar-refractivity contribution in [2.45, 2.75) is 17.8 Å². The van der Waals surface area contributed by atoms with Gasteiger partial charge >= 0.3 is 0 Å². The van der Waals surface area contributed by atoms with E-state index in [0.29, 0.717) is 28.0 Å². The molecule has 7 nitrogen and oxygen atoms in total. The van der Waals surface area contributed by atoms with E-state index in [1.807, 2.05) is 41.3 Å². The number of pyridine rings is 1. The second-order valence-electron chi connectivity index (χ2n) is 8.54. The maximum absolute atomic E-state index is 14.8. The molecular weight excluding hydrogens is 475 g/mol. The number of nitrogens with zero attached hydrogens (tertiary/aromatic N) is 6. The summed E-state index contributed by atoms with van der Waals surface area (Å²) in [5.41, 5.74) is 2.85. The molecule has 1 saturated heterocycles. The van der Waals surface area contributed by atoms with Gasteiger partial charge in [0.05, 0.1) is 5.69 Å². The zero-order valence-electron chi connectivity index (χ0n) is 20.0. The Kier molecular flexibility index (Phi) is 7.39. The van der Waals surface area contributed by atoms with E-state index in [-0.39, 0.29) is 11.7 Å². The van der Waals surface area contributed by atoms with Crippen LogP contribution in [0.2, 0.25) is 0 Å². The van der Waals surface area contributed by atoms with Gasteiger partial charge in [-0.1, -0.05) is 43.0 Å². The predicted octanol–water partition coefficient (Wildman–Crippen LogP) is 4.54. The third kappa shape index (κ3) is 5.17. The molecule has 0 aliphatic carbocycles. The van der Waals surface area contributed by atoms with E-state index >= 15 is 0 Å². The smallest absolute Gasteiger partial charge is 0.253 e. The molecule has 1 fully saturated rings. The molecule has 4 aromatic rings. The highest BCUT2D eigenvalue weighted by molar-refractivity contribution is 7.98. The summed E-state index contributed by atoms with van der Waals surface area (Å²) >= 11 is 1.45. The van der Waals surface area contributed by atoms with Gasteiger partial charge in [0.2, 0.25) is 0 Å². The lowest BCUT2D eigenvalue weighted by atomic mass is 10.1. The normalized spacial score (nSPS) is 14.2. The van der Waals surface area contributed by atoms with Crippen LogP contribution in [0, 0.1) is 5.82 Å². The summed E-state index contributed by atoms with van der Waals surface area (Å²) in [5, 5.41) is 9.32. The molecule has 0 N–H and O–H groups in total. The number of amides is 1. The number of carbonyl (C=O) groups excluding carboxylic acids is 1. The largest absolute Gasteiger partial charge is 0.336 e. The van der Waals surface area contributed by atoms with Gasteiger partial charge in [0, 0.05) is 55.5 Å². The molecule has 1 aliphatic heterocycles. The lowest BCUT2D eigenvalue weighted by Gasteiger charge is -2.34. The second kappa shape index (κ2) is 11.0. The van der Waals surface area contributed by atoms with E-state index in [2.05, 4.69) is 27.0 Å². The van der Waals surface area contributed by atoms with Crippen molar-refractivity contribution in [2.75, 3.05) is 32.7 Å². The Morgan fingerprint density at radius 3 is 2.50 bits per heavy atom. The molecule has 0 bridgehead atoms. The third-order valence-corrected chi connectivity index (χ3v) is 7.31. The molecule has 36 heavy (non-hydrogen) atoms. The van der Waals surface area contributed by atoms with Crippen LogP contribution >= 0.6 is 11.8 Å². The molecule has 0 atom stereocenters. The fourth-order valence-electron chi connectivity index (χ4n) is 4.29. The maximum atomic E-state index is 14.8. The van der Waals surface area contributed by atoms with Crippen LogP contribution in [0.15, 0.2) is 78.2 Å². The van der Waals surface area contributed by atoms with Crippen molar-refractivity contribution < 1.29 is 9.18 Å². The summed E-state index contributed by atoms with van der Waals surface area (Å²) in [6.45, 7) is 6.46. The predicted molar refractivity (Wildman–Crippen MR) is 139 cm³/mol. The van der Waals surface area contributed by atoms with Crippen molar-refractivity contribution in [3.8, 4) is 17.1 Å². The fraction of sp³-hybridized carbons (Fsp3) is 0.259. The van der Waals surface area contributed by atoms with E-state index in [1.165, 1.54) is 17.8 Å². The lowest BCUT2D eigenvalue weighted by Crippen LogP contribution is -2.48. The average Bonchev–Trinajstić information content (AvgIpc) is 3.36. The van der Waals surface area contributed by atoms with Gasteiger partial charge in [0.1, 0.15) is 5.82 Å². The minimum Gasteiger partial charge on any atom is -0.336 e. The Bertz CT molecular complexity index is 1340. The van der Waals surface area contributed by atoms with E-state index < -0.39 is 0 Å². The number of hydrogen-bond acceptors (Lipinski definition) is 6. The van der Waals surface area contributed by atoms with Crippen molar-refractivity contribution in [2.24, 2.45) is 0 Å². The number of piperazine rings is 1. The second-order valence-corrected chi connectivity index (χ2v) is 9.49. The zero-order chi connectivity index (χ0) is 24.9. The quantitative estimate of drug-likeness (QED) is 0.346. The minimum atomic E-state index is -0.356. The molecule has 2 aromatic heterocycles. The van der Waals surface area contributed by atoms with Crippen molar-refractivity contribution in [3.05, 3.63) is 90.0 Å². The summed E-state index contributed by atoms with van der Waals surface area (Å²) < 4.78 is 16.5. The minimum absolute atomic E-state index is 0.0621. The fourth-order valence-corrected chi connectivity index (χ4v) is 5.18. The molecule has 0 unspecified atom stereocenters. The number of thioether (sulfide) groups is 1. The number of hydrogen-bond donors (Lipinski definition) is 0. The Hall–Kier alpha value is -3.56. The van der Waals surface area contributed by atoms with Crippen molar-refractivity contribution in [3.63, 3.8) is 0 Å². The van der Waals surface area contributed by atoms with Crippen molar-refractivity contribution in [1.29, 1.82) is 0 Å². The number of aromatic nitrogens is 4. The van der Waals surface area contributed by atoms with Gasteiger partial charge in [-0.05, 0) is 48.5 Å². The number of para-hydroxylation sites is 1. The van der Waals surface area contributed by atoms with Crippen LogP contribution in [0.3, 0.4) is 0 Å². The van der Waals surface area contributed by atoms with Crippen LogP contribution in [-0.4, -0.2) is 68.2 Å². The average molecular weight is 503 g/mol. The number of halogens is 1. The van der Waals surface area contributed by atoms with Gasteiger partial charge in [0.25, 0.3) is 5.91 Å². The highest BCUT2D eigenvalue weighted by atomic mass is 32.2. The number of carbonyl (C=O) groups is 1. The lowest BCUT2D eigenvalue weighted by molar-refractivity contribution is 0.0643. The molecular formula is C27H27FN6OS. The zero-order valence-corrected chi connectivity index (χ0v) is 20.9. The Labute approximate surface area is 214 Å². The van der Waals surface area contributed by atoms with Gasteiger partial charge in [-0.15, -0.1) is 10.2 Å². The third-order valence-electron chi connectivity index (χ3n) is 6.31. The van der Waals surface area contributed by atoms with Crippen LogP contribution < -0.4 is 0 Å². The highest BCUT2D eigenvalue weighted by Gasteiger charge is 2.22. The number of benzene rings is 2. The summed E-state index contributed by atoms with van der Waals surface area (Å²) in [6, 6.07) is 17.9. The first-order valence-corrected chi connectivity index (χ1v) is 13.0. The summed E-state index contributed by atoms with van der Waals surface area (Å²) in [4.78, 5) is 21.4. The Balaban J connectivity index is 1.37. The molecule has 1 aliphatic rings. The molecule has 2 aromatic carbocycles. The number of likely N-dealkylation sites (N-methyl/N-ethyl adjacent to an activating group) is 1. The van der Waals surface area contributed by atoms with Crippen molar-refractivity contribution in [1.82, 2.24) is 29.5 Å². The van der Waals surface area contributed by atoms with E-state index in [1.54, 1.807) is 35.2 Å². The van der Waals surface area contributed by atoms with Gasteiger partial charge in [-0.25, -0.2) is 4.39 Å². The first-order chi connectivity index (χ1) is 17.6. The highest BCUT2D eigenvalue weighted by Crippen LogP contribution is 2.30. The van der Waals surface area contributed by atoms with Gasteiger partial charge in [0.15, 0.2) is 11.0 Å². The Morgan fingerprint density at radius 1 is 0.972 bits per heavy atom. The molecule has 9 heteroatoms. The molecule has 0 radical (unpaired) electrons. The van der Waals surface area contributed by atoms with Crippen LogP contribution in [0.1, 0.15) is 22.8 Å². The summed E-state index contributed by atoms with van der Waals surface area (Å²) in [5.74, 6) is 0.811. The molecule has 1 amide bonds. The number of rotatable bonds is 7. The van der Waals surface area contributed by atoms with E-state index in [0.717, 1.165) is 43.9 Å². The van der Waals surface area contributed by atoms with Gasteiger partial charge < -0.3 is 9.80 Å².